The van der Waals surface area contributed by atoms with Crippen LogP contribution in [-0.4, -0.2) is 54.9 Å². The van der Waals surface area contributed by atoms with Gasteiger partial charge in [0.05, 0.1) is 23.5 Å². The van der Waals surface area contributed by atoms with E-state index >= 15 is 0 Å². The van der Waals surface area contributed by atoms with Crippen molar-refractivity contribution >= 4 is 11.9 Å². The average molecular weight is 463 g/mol. The van der Waals surface area contributed by atoms with Crippen molar-refractivity contribution in [1.82, 2.24) is 29.9 Å². The number of carbonyl (C=O) groups excluding carboxylic acids is 1. The zero-order chi connectivity index (χ0) is 23.6. The maximum absolute atomic E-state index is 14.6. The van der Waals surface area contributed by atoms with E-state index in [4.69, 9.17) is 0 Å². The fourth-order valence-electron chi connectivity index (χ4n) is 3.33. The van der Waals surface area contributed by atoms with Gasteiger partial charge in [0, 0.05) is 31.5 Å². The molecule has 0 saturated heterocycles. The van der Waals surface area contributed by atoms with Gasteiger partial charge in [-0.3, -0.25) is 4.79 Å². The number of nitrogens with one attached hydrogen (secondary N) is 1. The van der Waals surface area contributed by atoms with E-state index in [1.54, 1.807) is 11.8 Å². The second-order valence-corrected chi connectivity index (χ2v) is 7.88. The molecule has 1 fully saturated rings. The van der Waals surface area contributed by atoms with Crippen LogP contribution in [0, 0.1) is 11.7 Å². The minimum atomic E-state index is -4.52. The Kier molecular flexibility index (Phi) is 6.25. The minimum absolute atomic E-state index is 0.0147. The molecule has 1 atom stereocenters. The van der Waals surface area contributed by atoms with E-state index < -0.39 is 23.5 Å². The van der Waals surface area contributed by atoms with Crippen molar-refractivity contribution in [2.75, 3.05) is 18.4 Å². The summed E-state index contributed by atoms with van der Waals surface area (Å²) in [7, 11) is 0. The highest BCUT2D eigenvalue weighted by Crippen LogP contribution is 2.32. The molecule has 0 radical (unpaired) electrons. The molecule has 33 heavy (non-hydrogen) atoms. The molecule has 1 aliphatic rings. The SMILES string of the molecule is CC(CNc1ncc(C(F)(F)F)cn1)N(CC1CC1)C(=O)c1cccc(F)c1-n1nccn1. The molecule has 174 valence electrons. The van der Waals surface area contributed by atoms with Crippen LogP contribution in [0.4, 0.5) is 23.5 Å². The maximum atomic E-state index is 14.6. The molecule has 3 aromatic rings. The average Bonchev–Trinajstić information content (AvgIpc) is 3.45. The van der Waals surface area contributed by atoms with Crippen LogP contribution in [0.25, 0.3) is 5.69 Å². The number of amides is 1. The molecule has 0 spiro atoms. The summed E-state index contributed by atoms with van der Waals surface area (Å²) >= 11 is 0. The third-order valence-electron chi connectivity index (χ3n) is 5.32. The lowest BCUT2D eigenvalue weighted by molar-refractivity contribution is -0.138. The molecule has 12 heteroatoms. The zero-order valence-electron chi connectivity index (χ0n) is 17.6. The molecular formula is C21H21F4N7O. The van der Waals surface area contributed by atoms with Crippen molar-refractivity contribution in [2.45, 2.75) is 32.0 Å². The third-order valence-corrected chi connectivity index (χ3v) is 5.32. The van der Waals surface area contributed by atoms with Crippen LogP contribution < -0.4 is 5.32 Å². The number of anilines is 1. The Hall–Kier alpha value is -3.57. The van der Waals surface area contributed by atoms with Crippen molar-refractivity contribution < 1.29 is 22.4 Å². The first-order chi connectivity index (χ1) is 15.7. The van der Waals surface area contributed by atoms with Crippen molar-refractivity contribution in [2.24, 2.45) is 5.92 Å². The maximum Gasteiger partial charge on any atom is 0.419 e. The molecular weight excluding hydrogens is 442 g/mol. The van der Waals surface area contributed by atoms with E-state index in [9.17, 15) is 22.4 Å². The van der Waals surface area contributed by atoms with Gasteiger partial charge >= 0.3 is 6.18 Å². The molecule has 8 nitrogen and oxygen atoms in total. The number of rotatable bonds is 8. The number of para-hydroxylation sites is 1. The number of hydrogen-bond acceptors (Lipinski definition) is 6. The van der Waals surface area contributed by atoms with Crippen molar-refractivity contribution in [1.29, 1.82) is 0 Å². The zero-order valence-corrected chi connectivity index (χ0v) is 17.6. The Morgan fingerprint density at radius 2 is 1.88 bits per heavy atom. The molecule has 1 aliphatic carbocycles. The van der Waals surface area contributed by atoms with Gasteiger partial charge in [0.2, 0.25) is 5.95 Å². The first-order valence-corrected chi connectivity index (χ1v) is 10.3. The van der Waals surface area contributed by atoms with E-state index in [2.05, 4.69) is 25.5 Å². The van der Waals surface area contributed by atoms with E-state index in [-0.39, 0.29) is 29.8 Å². The van der Waals surface area contributed by atoms with E-state index in [0.717, 1.165) is 17.6 Å². The van der Waals surface area contributed by atoms with Crippen LogP contribution in [0.5, 0.6) is 0 Å². The van der Waals surface area contributed by atoms with Gasteiger partial charge in [-0.1, -0.05) is 6.07 Å². The second-order valence-electron chi connectivity index (χ2n) is 7.88. The van der Waals surface area contributed by atoms with Gasteiger partial charge in [0.1, 0.15) is 5.69 Å². The quantitative estimate of drug-likeness (QED) is 0.514. The number of hydrogen-bond donors (Lipinski definition) is 1. The smallest absolute Gasteiger partial charge is 0.352 e. The van der Waals surface area contributed by atoms with Crippen LogP contribution in [0.3, 0.4) is 0 Å². The second kappa shape index (κ2) is 9.12. The number of halogens is 4. The Morgan fingerprint density at radius 1 is 1.21 bits per heavy atom. The fraction of sp³-hybridized carbons (Fsp3) is 0.381. The highest BCUT2D eigenvalue weighted by Gasteiger charge is 2.33. The Balaban J connectivity index is 1.53. The van der Waals surface area contributed by atoms with Crippen molar-refractivity contribution in [3.63, 3.8) is 0 Å². The molecule has 0 aliphatic heterocycles. The largest absolute Gasteiger partial charge is 0.419 e. The Labute approximate surface area is 186 Å². The van der Waals surface area contributed by atoms with Gasteiger partial charge in [0.15, 0.2) is 5.82 Å². The molecule has 1 unspecified atom stereocenters. The molecule has 0 bridgehead atoms. The van der Waals surface area contributed by atoms with E-state index in [1.165, 1.54) is 30.6 Å². The summed E-state index contributed by atoms with van der Waals surface area (Å²) in [5, 5.41) is 10.8. The predicted molar refractivity (Wildman–Crippen MR) is 110 cm³/mol. The van der Waals surface area contributed by atoms with Crippen LogP contribution in [0.15, 0.2) is 43.0 Å². The van der Waals surface area contributed by atoms with E-state index in [0.29, 0.717) is 24.9 Å². The van der Waals surface area contributed by atoms with Crippen molar-refractivity contribution in [3.8, 4) is 5.69 Å². The van der Waals surface area contributed by atoms with Crippen LogP contribution in [0.1, 0.15) is 35.7 Å². The normalized spacial score (nSPS) is 14.7. The topological polar surface area (TPSA) is 88.8 Å². The lowest BCUT2D eigenvalue weighted by Crippen LogP contribution is -2.44. The molecule has 1 N–H and O–H groups in total. The van der Waals surface area contributed by atoms with Crippen LogP contribution in [-0.2, 0) is 6.18 Å². The summed E-state index contributed by atoms with van der Waals surface area (Å²) in [5.41, 5.74) is -0.874. The third kappa shape index (κ3) is 5.26. The van der Waals surface area contributed by atoms with Crippen LogP contribution >= 0.6 is 0 Å². The predicted octanol–water partition coefficient (Wildman–Crippen LogP) is 3.57. The van der Waals surface area contributed by atoms with Gasteiger partial charge in [-0.2, -0.15) is 23.4 Å². The first kappa shape index (κ1) is 22.6. The number of nitrogens with zero attached hydrogens (tertiary/aromatic N) is 6. The standard InChI is InChI=1S/C21H21F4N7O/c1-13(9-26-20-27-10-15(11-28-20)21(23,24)25)31(12-14-5-6-14)19(33)16-3-2-4-17(22)18(16)32-29-7-8-30-32/h2-4,7-8,10-11,13-14H,5-6,9,12H2,1H3,(H,26,27,28). The summed E-state index contributed by atoms with van der Waals surface area (Å²) < 4.78 is 52.7. The molecule has 1 saturated carbocycles. The van der Waals surface area contributed by atoms with Crippen molar-refractivity contribution in [3.05, 3.63) is 59.9 Å². The minimum Gasteiger partial charge on any atom is -0.352 e. The summed E-state index contributed by atoms with van der Waals surface area (Å²) in [4.78, 5) is 23.6. The number of aromatic nitrogens is 5. The number of carbonyl (C=O) groups is 1. The lowest BCUT2D eigenvalue weighted by atomic mass is 10.1. The van der Waals surface area contributed by atoms with E-state index in [1.807, 2.05) is 0 Å². The number of alkyl halides is 3. The molecule has 1 aromatic carbocycles. The molecule has 2 heterocycles. The van der Waals surface area contributed by atoms with Crippen LogP contribution in [0.2, 0.25) is 0 Å². The van der Waals surface area contributed by atoms with Gasteiger partial charge in [-0.05, 0) is 37.8 Å². The summed E-state index contributed by atoms with van der Waals surface area (Å²) in [6.45, 7) is 2.45. The summed E-state index contributed by atoms with van der Waals surface area (Å²) in [6.07, 6.45) is 1.63. The van der Waals surface area contributed by atoms with Gasteiger partial charge < -0.3 is 10.2 Å². The fourth-order valence-corrected chi connectivity index (χ4v) is 3.33. The Bertz CT molecular complexity index is 1100. The first-order valence-electron chi connectivity index (χ1n) is 10.3. The number of benzene rings is 1. The van der Waals surface area contributed by atoms with Gasteiger partial charge in [-0.25, -0.2) is 14.4 Å². The highest BCUT2D eigenvalue weighted by atomic mass is 19.4. The molecule has 2 aromatic heterocycles. The highest BCUT2D eigenvalue weighted by molar-refractivity contribution is 5.98. The summed E-state index contributed by atoms with van der Waals surface area (Å²) in [6, 6.07) is 3.81. The lowest BCUT2D eigenvalue weighted by Gasteiger charge is -2.30. The van der Waals surface area contributed by atoms with Gasteiger partial charge in [-0.15, -0.1) is 4.80 Å². The molecule has 4 rings (SSSR count). The molecule has 1 amide bonds. The monoisotopic (exact) mass is 463 g/mol. The summed E-state index contributed by atoms with van der Waals surface area (Å²) in [5.74, 6) is -0.664. The Morgan fingerprint density at radius 3 is 2.48 bits per heavy atom. The van der Waals surface area contributed by atoms with Gasteiger partial charge in [0.25, 0.3) is 5.91 Å².